The number of benzene rings is 1. The summed E-state index contributed by atoms with van der Waals surface area (Å²) in [5, 5.41) is 9.20. The van der Waals surface area contributed by atoms with Crippen molar-refractivity contribution >= 4 is 5.97 Å². The van der Waals surface area contributed by atoms with Crippen LogP contribution in [0.25, 0.3) is 0 Å². The van der Waals surface area contributed by atoms with Crippen molar-refractivity contribution in [2.24, 2.45) is 10.8 Å². The van der Waals surface area contributed by atoms with E-state index in [9.17, 15) is 23.1 Å². The lowest BCUT2D eigenvalue weighted by molar-refractivity contribution is -0.196. The van der Waals surface area contributed by atoms with Gasteiger partial charge in [-0.1, -0.05) is 30.3 Å². The molecule has 0 radical (unpaired) electrons. The van der Waals surface area contributed by atoms with Gasteiger partial charge in [0.2, 0.25) is 0 Å². The molecule has 2 unspecified atom stereocenters. The molecule has 2 atom stereocenters. The average molecular weight is 285 g/mol. The molecule has 2 fully saturated rings. The van der Waals surface area contributed by atoms with Crippen LogP contribution in [0.5, 0.6) is 0 Å². The number of carbonyl (C=O) groups is 1. The summed E-state index contributed by atoms with van der Waals surface area (Å²) in [5.74, 6) is -1.33. The summed E-state index contributed by atoms with van der Waals surface area (Å²) in [4.78, 5) is 12.9. The van der Waals surface area contributed by atoms with Crippen LogP contribution in [0.15, 0.2) is 30.3 Å². The van der Waals surface area contributed by atoms with E-state index < -0.39 is 23.0 Å². The number of nitrogens with zero attached hydrogens (tertiary/aromatic N) is 1. The molecular weight excluding hydrogens is 271 g/mol. The Balaban J connectivity index is 1.82. The van der Waals surface area contributed by atoms with E-state index in [1.54, 1.807) is 4.90 Å². The van der Waals surface area contributed by atoms with Crippen molar-refractivity contribution in [1.82, 2.24) is 4.90 Å². The first-order valence-electron chi connectivity index (χ1n) is 6.37. The van der Waals surface area contributed by atoms with E-state index in [1.807, 2.05) is 30.3 Å². The summed E-state index contributed by atoms with van der Waals surface area (Å²) in [6.07, 6.45) is -4.75. The molecule has 1 aliphatic heterocycles. The SMILES string of the molecule is O=C(O)C12CN(Cc3ccccc3)CC1(C(F)(F)F)C2. The normalized spacial score (nSPS) is 33.0. The van der Waals surface area contributed by atoms with Crippen LogP contribution in [-0.2, 0) is 11.3 Å². The minimum atomic E-state index is -4.46. The zero-order chi connectivity index (χ0) is 14.6. The monoisotopic (exact) mass is 285 g/mol. The average Bonchev–Trinajstić information content (AvgIpc) is 2.91. The quantitative estimate of drug-likeness (QED) is 0.927. The predicted octanol–water partition coefficient (Wildman–Crippen LogP) is 2.53. The summed E-state index contributed by atoms with van der Waals surface area (Å²) in [7, 11) is 0. The first-order valence-corrected chi connectivity index (χ1v) is 6.37. The zero-order valence-electron chi connectivity index (χ0n) is 10.7. The van der Waals surface area contributed by atoms with Gasteiger partial charge in [0.1, 0.15) is 0 Å². The molecule has 0 aromatic heterocycles. The summed E-state index contributed by atoms with van der Waals surface area (Å²) in [6, 6.07) is 9.13. The molecule has 0 spiro atoms. The second kappa shape index (κ2) is 3.97. The van der Waals surface area contributed by atoms with Crippen LogP contribution in [0.2, 0.25) is 0 Å². The Kier molecular flexibility index (Phi) is 2.67. The number of halogens is 3. The molecule has 6 heteroatoms. The molecule has 1 aromatic rings. The van der Waals surface area contributed by atoms with Crippen LogP contribution >= 0.6 is 0 Å². The van der Waals surface area contributed by atoms with Crippen LogP contribution in [0.4, 0.5) is 13.2 Å². The van der Waals surface area contributed by atoms with Gasteiger partial charge in [-0.3, -0.25) is 9.69 Å². The molecule has 1 N–H and O–H groups in total. The molecule has 0 bridgehead atoms. The van der Waals surface area contributed by atoms with Crippen molar-refractivity contribution in [3.8, 4) is 0 Å². The van der Waals surface area contributed by atoms with E-state index in [2.05, 4.69) is 0 Å². The molecular formula is C14H14F3NO2. The highest BCUT2D eigenvalue weighted by molar-refractivity contribution is 5.81. The molecule has 3 nitrogen and oxygen atoms in total. The van der Waals surface area contributed by atoms with Gasteiger partial charge in [0.15, 0.2) is 0 Å². The topological polar surface area (TPSA) is 40.5 Å². The van der Waals surface area contributed by atoms with Crippen molar-refractivity contribution in [2.75, 3.05) is 13.1 Å². The van der Waals surface area contributed by atoms with Crippen LogP contribution in [0.3, 0.4) is 0 Å². The van der Waals surface area contributed by atoms with Gasteiger partial charge in [0.25, 0.3) is 0 Å². The third-order valence-corrected chi connectivity index (χ3v) is 4.58. The number of carboxylic acid groups (broad SMARTS) is 1. The van der Waals surface area contributed by atoms with E-state index in [-0.39, 0.29) is 19.5 Å². The third-order valence-electron chi connectivity index (χ3n) is 4.58. The lowest BCUT2D eigenvalue weighted by atomic mass is 9.96. The van der Waals surface area contributed by atoms with Gasteiger partial charge in [-0.2, -0.15) is 13.2 Å². The molecule has 1 aliphatic carbocycles. The van der Waals surface area contributed by atoms with Crippen LogP contribution in [-0.4, -0.2) is 35.2 Å². The second-order valence-corrected chi connectivity index (χ2v) is 5.77. The summed E-state index contributed by atoms with van der Waals surface area (Å²) >= 11 is 0. The zero-order valence-corrected chi connectivity index (χ0v) is 10.7. The van der Waals surface area contributed by atoms with E-state index in [0.717, 1.165) is 5.56 Å². The van der Waals surface area contributed by atoms with Gasteiger partial charge in [-0.25, -0.2) is 0 Å². The van der Waals surface area contributed by atoms with Gasteiger partial charge >= 0.3 is 12.1 Å². The van der Waals surface area contributed by atoms with Gasteiger partial charge < -0.3 is 5.11 Å². The number of aliphatic carboxylic acids is 1. The largest absolute Gasteiger partial charge is 0.481 e. The fourth-order valence-corrected chi connectivity index (χ4v) is 3.47. The Morgan fingerprint density at radius 2 is 1.90 bits per heavy atom. The van der Waals surface area contributed by atoms with E-state index >= 15 is 0 Å². The van der Waals surface area contributed by atoms with Crippen molar-refractivity contribution in [3.05, 3.63) is 35.9 Å². The van der Waals surface area contributed by atoms with Crippen LogP contribution in [0.1, 0.15) is 12.0 Å². The highest BCUT2D eigenvalue weighted by Gasteiger charge is 2.86. The number of carboxylic acids is 1. The molecule has 0 amide bonds. The molecule has 1 saturated carbocycles. The summed E-state index contributed by atoms with van der Waals surface area (Å²) < 4.78 is 39.6. The van der Waals surface area contributed by atoms with E-state index in [1.165, 1.54) is 0 Å². The highest BCUT2D eigenvalue weighted by atomic mass is 19.4. The number of fused-ring (bicyclic) bond motifs is 1. The Bertz CT molecular complexity index is 545. The van der Waals surface area contributed by atoms with Crippen molar-refractivity contribution in [2.45, 2.75) is 19.1 Å². The maximum absolute atomic E-state index is 13.2. The molecule has 1 aromatic carbocycles. The minimum absolute atomic E-state index is 0.0310. The highest BCUT2D eigenvalue weighted by Crippen LogP contribution is 2.74. The van der Waals surface area contributed by atoms with Gasteiger partial charge in [0.05, 0.1) is 10.8 Å². The van der Waals surface area contributed by atoms with Crippen LogP contribution < -0.4 is 0 Å². The lowest BCUT2D eigenvalue weighted by Gasteiger charge is -2.22. The Labute approximate surface area is 114 Å². The van der Waals surface area contributed by atoms with E-state index in [0.29, 0.717) is 6.54 Å². The minimum Gasteiger partial charge on any atom is -0.481 e. The number of alkyl halides is 3. The molecule has 3 rings (SSSR count). The predicted molar refractivity (Wildman–Crippen MR) is 64.9 cm³/mol. The Morgan fingerprint density at radius 1 is 1.25 bits per heavy atom. The Morgan fingerprint density at radius 3 is 2.40 bits per heavy atom. The van der Waals surface area contributed by atoms with Crippen molar-refractivity contribution in [3.63, 3.8) is 0 Å². The first kappa shape index (κ1) is 13.4. The van der Waals surface area contributed by atoms with Crippen LogP contribution in [0, 0.1) is 10.8 Å². The van der Waals surface area contributed by atoms with Gasteiger partial charge in [-0.15, -0.1) is 0 Å². The fraction of sp³-hybridized carbons (Fsp3) is 0.500. The maximum atomic E-state index is 13.2. The molecule has 20 heavy (non-hydrogen) atoms. The molecule has 108 valence electrons. The summed E-state index contributed by atoms with van der Waals surface area (Å²) in [6.45, 7) is 0.0993. The van der Waals surface area contributed by atoms with E-state index in [4.69, 9.17) is 0 Å². The maximum Gasteiger partial charge on any atom is 0.396 e. The summed E-state index contributed by atoms with van der Waals surface area (Å²) in [5.41, 5.74) is -2.80. The smallest absolute Gasteiger partial charge is 0.396 e. The first-order chi connectivity index (χ1) is 9.31. The van der Waals surface area contributed by atoms with Crippen molar-refractivity contribution < 1.29 is 23.1 Å². The molecule has 1 heterocycles. The number of piperidine rings is 1. The van der Waals surface area contributed by atoms with Gasteiger partial charge in [0, 0.05) is 19.6 Å². The molecule has 1 saturated heterocycles. The third kappa shape index (κ3) is 1.67. The van der Waals surface area contributed by atoms with Gasteiger partial charge in [-0.05, 0) is 12.0 Å². The molecule has 2 aliphatic rings. The number of hydrogen-bond acceptors (Lipinski definition) is 2. The van der Waals surface area contributed by atoms with Crippen molar-refractivity contribution in [1.29, 1.82) is 0 Å². The Hall–Kier alpha value is -1.56. The second-order valence-electron chi connectivity index (χ2n) is 5.77. The standard InChI is InChI=1S/C14H14F3NO2/c15-14(16,17)13-7-12(13,11(19)20)8-18(9-13)6-10-4-2-1-3-5-10/h1-5H,6-9H2,(H,19,20). The number of hydrogen-bond donors (Lipinski definition) is 1. The number of rotatable bonds is 3. The lowest BCUT2D eigenvalue weighted by Crippen LogP contribution is -2.34. The fourth-order valence-electron chi connectivity index (χ4n) is 3.47. The number of likely N-dealkylation sites (tertiary alicyclic amines) is 1.